The third kappa shape index (κ3) is 1.51. The minimum atomic E-state index is 0.755. The van der Waals surface area contributed by atoms with Gasteiger partial charge < -0.3 is 4.57 Å². The summed E-state index contributed by atoms with van der Waals surface area (Å²) in [6.07, 6.45) is 1.67. The molecule has 2 rings (SSSR count). The molecule has 0 saturated carbocycles. The van der Waals surface area contributed by atoms with E-state index < -0.39 is 0 Å². The van der Waals surface area contributed by atoms with Crippen molar-refractivity contribution in [1.82, 2.24) is 14.8 Å². The third-order valence-corrected chi connectivity index (χ3v) is 2.55. The molecular weight excluding hydrogens is 198 g/mol. The van der Waals surface area contributed by atoms with E-state index in [1.165, 1.54) is 0 Å². The van der Waals surface area contributed by atoms with Gasteiger partial charge in [-0.25, -0.2) is 0 Å². The van der Waals surface area contributed by atoms with Crippen LogP contribution in [-0.4, -0.2) is 14.8 Å². The van der Waals surface area contributed by atoms with Gasteiger partial charge in [0.2, 0.25) is 0 Å². The van der Waals surface area contributed by atoms with Gasteiger partial charge in [-0.2, -0.15) is 0 Å². The van der Waals surface area contributed by atoms with E-state index in [4.69, 9.17) is 11.6 Å². The van der Waals surface area contributed by atoms with Crippen molar-refractivity contribution in [3.05, 3.63) is 35.1 Å². The van der Waals surface area contributed by atoms with E-state index in [1.54, 1.807) is 6.33 Å². The molecule has 1 aromatic heterocycles. The summed E-state index contributed by atoms with van der Waals surface area (Å²) in [5.74, 6) is 0.826. The van der Waals surface area contributed by atoms with Crippen LogP contribution >= 0.6 is 11.6 Å². The molecule has 4 heteroatoms. The molecule has 0 aliphatic rings. The summed E-state index contributed by atoms with van der Waals surface area (Å²) in [7, 11) is 1.91. The molecule has 3 nitrogen and oxygen atoms in total. The van der Waals surface area contributed by atoms with E-state index in [2.05, 4.69) is 10.2 Å². The highest BCUT2D eigenvalue weighted by molar-refractivity contribution is 6.31. The number of rotatable bonds is 1. The third-order valence-electron chi connectivity index (χ3n) is 2.14. The van der Waals surface area contributed by atoms with Crippen LogP contribution in [0.3, 0.4) is 0 Å². The van der Waals surface area contributed by atoms with Crippen LogP contribution in [0.15, 0.2) is 24.5 Å². The predicted octanol–water partition coefficient (Wildman–Crippen LogP) is 2.44. The lowest BCUT2D eigenvalue weighted by Gasteiger charge is -2.02. The molecule has 0 radical (unpaired) electrons. The van der Waals surface area contributed by atoms with Gasteiger partial charge in [-0.05, 0) is 18.6 Å². The zero-order valence-electron chi connectivity index (χ0n) is 8.03. The molecule has 0 fully saturated rings. The lowest BCUT2D eigenvalue weighted by Crippen LogP contribution is -1.91. The predicted molar refractivity (Wildman–Crippen MR) is 56.2 cm³/mol. The highest BCUT2D eigenvalue weighted by Crippen LogP contribution is 2.22. The lowest BCUT2D eigenvalue weighted by molar-refractivity contribution is 0.919. The molecule has 72 valence electrons. The Morgan fingerprint density at radius 3 is 2.71 bits per heavy atom. The zero-order chi connectivity index (χ0) is 10.1. The molecule has 0 saturated heterocycles. The molecule has 0 N–H and O–H groups in total. The van der Waals surface area contributed by atoms with Gasteiger partial charge in [0.1, 0.15) is 6.33 Å². The molecular formula is C10H10ClN3. The van der Waals surface area contributed by atoms with Crippen molar-refractivity contribution in [1.29, 1.82) is 0 Å². The topological polar surface area (TPSA) is 30.7 Å². The second-order valence-electron chi connectivity index (χ2n) is 3.23. The Balaban J connectivity index is 2.53. The molecule has 0 bridgehead atoms. The van der Waals surface area contributed by atoms with Crippen molar-refractivity contribution in [3.8, 4) is 11.4 Å². The van der Waals surface area contributed by atoms with Gasteiger partial charge in [0.15, 0.2) is 5.82 Å². The van der Waals surface area contributed by atoms with Crippen LogP contribution in [-0.2, 0) is 7.05 Å². The monoisotopic (exact) mass is 207 g/mol. The van der Waals surface area contributed by atoms with Gasteiger partial charge in [-0.15, -0.1) is 10.2 Å². The van der Waals surface area contributed by atoms with Gasteiger partial charge in [-0.1, -0.05) is 23.7 Å². The largest absolute Gasteiger partial charge is 0.317 e. The fourth-order valence-corrected chi connectivity index (χ4v) is 1.46. The Morgan fingerprint density at radius 2 is 2.14 bits per heavy atom. The Bertz CT molecular complexity index is 462. The molecule has 1 aromatic carbocycles. The quantitative estimate of drug-likeness (QED) is 0.719. The van der Waals surface area contributed by atoms with E-state index in [1.807, 2.05) is 36.7 Å². The van der Waals surface area contributed by atoms with Crippen molar-refractivity contribution < 1.29 is 0 Å². The van der Waals surface area contributed by atoms with Crippen LogP contribution in [0.4, 0.5) is 0 Å². The number of hydrogen-bond acceptors (Lipinski definition) is 2. The van der Waals surface area contributed by atoms with Gasteiger partial charge in [0.25, 0.3) is 0 Å². The smallest absolute Gasteiger partial charge is 0.163 e. The lowest BCUT2D eigenvalue weighted by atomic mass is 10.1. The van der Waals surface area contributed by atoms with Crippen LogP contribution in [0.2, 0.25) is 5.02 Å². The molecule has 0 aliphatic heterocycles. The molecule has 0 spiro atoms. The number of aryl methyl sites for hydroxylation is 2. The van der Waals surface area contributed by atoms with Crippen LogP contribution in [0.5, 0.6) is 0 Å². The van der Waals surface area contributed by atoms with Crippen molar-refractivity contribution in [3.63, 3.8) is 0 Å². The Morgan fingerprint density at radius 1 is 1.36 bits per heavy atom. The molecule has 0 unspecified atom stereocenters. The van der Waals surface area contributed by atoms with Gasteiger partial charge in [-0.3, -0.25) is 0 Å². The Labute approximate surface area is 87.3 Å². The van der Waals surface area contributed by atoms with E-state index in [0.29, 0.717) is 0 Å². The SMILES string of the molecule is Cc1ccc(-c2nncn2C)cc1Cl. The molecule has 0 atom stereocenters. The molecule has 14 heavy (non-hydrogen) atoms. The van der Waals surface area contributed by atoms with E-state index in [-0.39, 0.29) is 0 Å². The summed E-state index contributed by atoms with van der Waals surface area (Å²) >= 11 is 6.03. The van der Waals surface area contributed by atoms with Gasteiger partial charge in [0.05, 0.1) is 0 Å². The van der Waals surface area contributed by atoms with Crippen molar-refractivity contribution in [2.45, 2.75) is 6.92 Å². The first-order valence-corrected chi connectivity index (χ1v) is 4.67. The molecule has 2 aromatic rings. The number of benzene rings is 1. The molecule has 0 amide bonds. The fourth-order valence-electron chi connectivity index (χ4n) is 1.28. The number of aromatic nitrogens is 3. The van der Waals surface area contributed by atoms with Crippen molar-refractivity contribution >= 4 is 11.6 Å². The minimum Gasteiger partial charge on any atom is -0.317 e. The maximum absolute atomic E-state index is 6.03. The second-order valence-corrected chi connectivity index (χ2v) is 3.64. The molecule has 1 heterocycles. The first-order chi connectivity index (χ1) is 6.68. The van der Waals surface area contributed by atoms with Crippen LogP contribution in [0.25, 0.3) is 11.4 Å². The summed E-state index contributed by atoms with van der Waals surface area (Å²) in [5, 5.41) is 8.59. The first kappa shape index (κ1) is 9.21. The second kappa shape index (κ2) is 3.42. The Kier molecular flexibility index (Phi) is 2.25. The minimum absolute atomic E-state index is 0.755. The number of hydrogen-bond donors (Lipinski definition) is 0. The summed E-state index contributed by atoms with van der Waals surface area (Å²) in [5.41, 5.74) is 2.05. The van der Waals surface area contributed by atoms with Crippen LogP contribution < -0.4 is 0 Å². The van der Waals surface area contributed by atoms with E-state index >= 15 is 0 Å². The van der Waals surface area contributed by atoms with Crippen molar-refractivity contribution in [2.75, 3.05) is 0 Å². The number of halogens is 1. The highest BCUT2D eigenvalue weighted by atomic mass is 35.5. The van der Waals surface area contributed by atoms with Crippen LogP contribution in [0, 0.1) is 6.92 Å². The van der Waals surface area contributed by atoms with Crippen LogP contribution in [0.1, 0.15) is 5.56 Å². The maximum atomic E-state index is 6.03. The summed E-state index contributed by atoms with van der Waals surface area (Å²) < 4.78 is 1.86. The normalized spacial score (nSPS) is 10.5. The fraction of sp³-hybridized carbons (Fsp3) is 0.200. The van der Waals surface area contributed by atoms with E-state index in [0.717, 1.165) is 22.0 Å². The number of nitrogens with zero attached hydrogens (tertiary/aromatic N) is 3. The van der Waals surface area contributed by atoms with Gasteiger partial charge in [0, 0.05) is 17.6 Å². The summed E-state index contributed by atoms with van der Waals surface area (Å²) in [4.78, 5) is 0. The maximum Gasteiger partial charge on any atom is 0.163 e. The zero-order valence-corrected chi connectivity index (χ0v) is 8.78. The average Bonchev–Trinajstić information content (AvgIpc) is 2.57. The Hall–Kier alpha value is -1.35. The van der Waals surface area contributed by atoms with E-state index in [9.17, 15) is 0 Å². The highest BCUT2D eigenvalue weighted by Gasteiger charge is 2.05. The average molecular weight is 208 g/mol. The first-order valence-electron chi connectivity index (χ1n) is 4.29. The van der Waals surface area contributed by atoms with Crippen molar-refractivity contribution in [2.24, 2.45) is 7.05 Å². The summed E-state index contributed by atoms with van der Waals surface area (Å²) in [6.45, 7) is 1.97. The van der Waals surface area contributed by atoms with Gasteiger partial charge >= 0.3 is 0 Å². The molecule has 0 aliphatic carbocycles. The standard InChI is InChI=1S/C10H10ClN3/c1-7-3-4-8(5-9(7)11)10-13-12-6-14(10)2/h3-6H,1-2H3. The summed E-state index contributed by atoms with van der Waals surface area (Å²) in [6, 6.07) is 5.87.